The van der Waals surface area contributed by atoms with Crippen LogP contribution < -0.4 is 0 Å². The summed E-state index contributed by atoms with van der Waals surface area (Å²) in [5.41, 5.74) is 0. The predicted molar refractivity (Wildman–Crippen MR) is 58.0 cm³/mol. The smallest absolute Gasteiger partial charge is 0.212 e. The molecule has 0 radical (unpaired) electrons. The number of alkyl halides is 1. The lowest BCUT2D eigenvalue weighted by atomic mass is 10.1. The molecular weight excluding hydrogens is 231 g/mol. The van der Waals surface area contributed by atoms with Gasteiger partial charge in [0.05, 0.1) is 5.25 Å². The minimum absolute atomic E-state index is 0.387. The third-order valence-corrected chi connectivity index (χ3v) is 4.21. The minimum Gasteiger partial charge on any atom is -0.212 e. The molecule has 0 heterocycles. The van der Waals surface area contributed by atoms with Gasteiger partial charge in [0.2, 0.25) is 9.05 Å². The number of hydrogen-bond donors (Lipinski definition) is 0. The summed E-state index contributed by atoms with van der Waals surface area (Å²) in [5, 5.41) is -0.387. The van der Waals surface area contributed by atoms with Gasteiger partial charge in [-0.25, -0.2) is 8.42 Å². The van der Waals surface area contributed by atoms with Crippen molar-refractivity contribution in [1.29, 1.82) is 0 Å². The maximum Gasteiger partial charge on any atom is 0.235 e. The molecule has 0 aliphatic heterocycles. The maximum atomic E-state index is 11.0. The molecule has 0 bridgehead atoms. The van der Waals surface area contributed by atoms with Crippen molar-refractivity contribution in [2.75, 3.05) is 5.88 Å². The van der Waals surface area contributed by atoms with E-state index in [1.54, 1.807) is 0 Å². The lowest BCUT2D eigenvalue weighted by Gasteiger charge is -2.11. The van der Waals surface area contributed by atoms with Gasteiger partial charge in [-0.1, -0.05) is 19.8 Å². The van der Waals surface area contributed by atoms with Crippen LogP contribution in [0.2, 0.25) is 0 Å². The lowest BCUT2D eigenvalue weighted by Crippen LogP contribution is -2.15. The van der Waals surface area contributed by atoms with Gasteiger partial charge < -0.3 is 0 Å². The van der Waals surface area contributed by atoms with Crippen LogP contribution in [0, 0.1) is 0 Å². The fourth-order valence-corrected chi connectivity index (χ4v) is 2.90. The van der Waals surface area contributed by atoms with E-state index in [1.807, 2.05) is 6.92 Å². The molecule has 0 aliphatic carbocycles. The summed E-state index contributed by atoms with van der Waals surface area (Å²) >= 11 is 5.49. The second-order valence-electron chi connectivity index (χ2n) is 3.07. The van der Waals surface area contributed by atoms with Crippen LogP contribution >= 0.6 is 22.3 Å². The first-order valence-electron chi connectivity index (χ1n) is 4.51. The molecule has 2 nitrogen and oxygen atoms in total. The van der Waals surface area contributed by atoms with Crippen LogP contribution in [-0.2, 0) is 9.05 Å². The third-order valence-electron chi connectivity index (χ3n) is 1.92. The van der Waals surface area contributed by atoms with Crippen LogP contribution in [0.15, 0.2) is 0 Å². The second kappa shape index (κ2) is 6.91. The van der Waals surface area contributed by atoms with Crippen LogP contribution in [0.3, 0.4) is 0 Å². The van der Waals surface area contributed by atoms with Crippen LogP contribution in [0.1, 0.15) is 39.0 Å². The molecule has 0 aliphatic rings. The number of unbranched alkanes of at least 4 members (excludes halogenated alkanes) is 1. The fraction of sp³-hybridized carbons (Fsp3) is 1.00. The average molecular weight is 247 g/mol. The standard InChI is InChI=1S/C8H16Cl2O2S/c1-2-5-8(13(10,11)12)6-3-4-7-9/h8H,2-7H2,1H3. The number of rotatable bonds is 7. The molecule has 0 N–H and O–H groups in total. The van der Waals surface area contributed by atoms with E-state index in [4.69, 9.17) is 22.3 Å². The second-order valence-corrected chi connectivity index (χ2v) is 6.36. The zero-order chi connectivity index (χ0) is 10.3. The van der Waals surface area contributed by atoms with Crippen molar-refractivity contribution in [2.24, 2.45) is 0 Å². The Labute approximate surface area is 90.0 Å². The molecule has 0 aromatic rings. The molecule has 0 spiro atoms. The van der Waals surface area contributed by atoms with E-state index in [0.29, 0.717) is 18.7 Å². The van der Waals surface area contributed by atoms with Gasteiger partial charge in [-0.2, -0.15) is 0 Å². The van der Waals surface area contributed by atoms with Crippen LogP contribution in [0.5, 0.6) is 0 Å². The summed E-state index contributed by atoms with van der Waals surface area (Å²) in [6.07, 6.45) is 3.81. The fourth-order valence-electron chi connectivity index (χ4n) is 1.21. The Hall–Kier alpha value is 0.530. The summed E-state index contributed by atoms with van der Waals surface area (Å²) in [6, 6.07) is 0. The Bertz CT molecular complexity index is 214. The first-order chi connectivity index (χ1) is 6.02. The molecule has 0 rings (SSSR count). The predicted octanol–water partition coefficient (Wildman–Crippen LogP) is 3.13. The van der Waals surface area contributed by atoms with Crippen molar-refractivity contribution in [3.8, 4) is 0 Å². The Balaban J connectivity index is 3.96. The van der Waals surface area contributed by atoms with E-state index < -0.39 is 9.05 Å². The van der Waals surface area contributed by atoms with Crippen molar-refractivity contribution in [3.05, 3.63) is 0 Å². The quantitative estimate of drug-likeness (QED) is 0.393. The molecular formula is C8H16Cl2O2S. The van der Waals surface area contributed by atoms with E-state index >= 15 is 0 Å². The minimum atomic E-state index is -3.38. The summed E-state index contributed by atoms with van der Waals surface area (Å²) < 4.78 is 22.1. The summed E-state index contributed by atoms with van der Waals surface area (Å²) in [6.45, 7) is 1.95. The molecule has 0 fully saturated rings. The van der Waals surface area contributed by atoms with Gasteiger partial charge >= 0.3 is 0 Å². The Morgan fingerprint density at radius 1 is 1.23 bits per heavy atom. The molecule has 5 heteroatoms. The molecule has 0 aromatic heterocycles. The molecule has 0 aromatic carbocycles. The molecule has 80 valence electrons. The number of halogens is 2. The van der Waals surface area contributed by atoms with Crippen molar-refractivity contribution in [2.45, 2.75) is 44.3 Å². The zero-order valence-electron chi connectivity index (χ0n) is 7.80. The monoisotopic (exact) mass is 246 g/mol. The Morgan fingerprint density at radius 2 is 1.85 bits per heavy atom. The Morgan fingerprint density at radius 3 is 2.23 bits per heavy atom. The van der Waals surface area contributed by atoms with E-state index in [-0.39, 0.29) is 5.25 Å². The highest BCUT2D eigenvalue weighted by atomic mass is 35.7. The highest BCUT2D eigenvalue weighted by molar-refractivity contribution is 8.14. The highest BCUT2D eigenvalue weighted by Gasteiger charge is 2.21. The lowest BCUT2D eigenvalue weighted by molar-refractivity contribution is 0.561. The summed E-state index contributed by atoms with van der Waals surface area (Å²) in [7, 11) is 1.92. The van der Waals surface area contributed by atoms with Gasteiger partial charge in [-0.15, -0.1) is 11.6 Å². The van der Waals surface area contributed by atoms with Crippen molar-refractivity contribution < 1.29 is 8.42 Å². The number of hydrogen-bond acceptors (Lipinski definition) is 2. The first kappa shape index (κ1) is 13.5. The molecule has 0 saturated carbocycles. The summed E-state index contributed by atoms with van der Waals surface area (Å²) in [5.74, 6) is 0.585. The van der Waals surface area contributed by atoms with Gasteiger partial charge in [0.1, 0.15) is 0 Å². The van der Waals surface area contributed by atoms with Gasteiger partial charge in [0.25, 0.3) is 0 Å². The highest BCUT2D eigenvalue weighted by Crippen LogP contribution is 2.19. The Kier molecular flexibility index (Phi) is 7.19. The van der Waals surface area contributed by atoms with Gasteiger partial charge in [0.15, 0.2) is 0 Å². The molecule has 0 saturated heterocycles. The normalized spacial score (nSPS) is 14.4. The summed E-state index contributed by atoms with van der Waals surface area (Å²) in [4.78, 5) is 0. The molecule has 1 unspecified atom stereocenters. The van der Waals surface area contributed by atoms with Crippen LogP contribution in [-0.4, -0.2) is 19.5 Å². The van der Waals surface area contributed by atoms with E-state index in [2.05, 4.69) is 0 Å². The topological polar surface area (TPSA) is 34.1 Å². The van der Waals surface area contributed by atoms with Gasteiger partial charge in [-0.05, 0) is 19.3 Å². The van der Waals surface area contributed by atoms with Crippen LogP contribution in [0.25, 0.3) is 0 Å². The van der Waals surface area contributed by atoms with E-state index in [9.17, 15) is 8.42 Å². The van der Waals surface area contributed by atoms with Crippen molar-refractivity contribution >= 4 is 31.3 Å². The first-order valence-corrected chi connectivity index (χ1v) is 7.42. The van der Waals surface area contributed by atoms with Gasteiger partial charge in [-0.3, -0.25) is 0 Å². The van der Waals surface area contributed by atoms with Crippen LogP contribution in [0.4, 0.5) is 0 Å². The third kappa shape index (κ3) is 6.58. The van der Waals surface area contributed by atoms with Crippen molar-refractivity contribution in [3.63, 3.8) is 0 Å². The maximum absolute atomic E-state index is 11.0. The average Bonchev–Trinajstić information content (AvgIpc) is 2.01. The van der Waals surface area contributed by atoms with E-state index in [1.165, 1.54) is 0 Å². The van der Waals surface area contributed by atoms with Crippen molar-refractivity contribution in [1.82, 2.24) is 0 Å². The largest absolute Gasteiger partial charge is 0.235 e. The van der Waals surface area contributed by atoms with E-state index in [0.717, 1.165) is 19.3 Å². The van der Waals surface area contributed by atoms with Gasteiger partial charge in [0, 0.05) is 16.6 Å². The zero-order valence-corrected chi connectivity index (χ0v) is 10.1. The molecule has 1 atom stereocenters. The SMILES string of the molecule is CCCC(CCCCCl)S(=O)(=O)Cl. The molecule has 0 amide bonds. The molecule has 13 heavy (non-hydrogen) atoms.